The smallest absolute Gasteiger partial charge is 0.261 e. The molecule has 4 rings (SSSR count). The molecule has 8 nitrogen and oxygen atoms in total. The van der Waals surface area contributed by atoms with Crippen molar-refractivity contribution in [3.8, 4) is 5.75 Å². The van der Waals surface area contributed by atoms with Gasteiger partial charge in [0.05, 0.1) is 16.7 Å². The highest BCUT2D eigenvalue weighted by molar-refractivity contribution is 6.21. The molecular formula is C24H25N3O5. The Morgan fingerprint density at radius 3 is 2.16 bits per heavy atom. The number of phenols is 1. The van der Waals surface area contributed by atoms with Crippen molar-refractivity contribution < 1.29 is 24.3 Å². The van der Waals surface area contributed by atoms with Gasteiger partial charge in [0.2, 0.25) is 5.91 Å². The van der Waals surface area contributed by atoms with Crippen LogP contribution in [0.5, 0.6) is 5.75 Å². The fourth-order valence-electron chi connectivity index (χ4n) is 4.19. The Morgan fingerprint density at radius 1 is 0.938 bits per heavy atom. The lowest BCUT2D eigenvalue weighted by atomic mass is 10.0. The fraction of sp³-hybridized carbons (Fsp3) is 0.333. The zero-order valence-electron chi connectivity index (χ0n) is 17.6. The Balaban J connectivity index is 1.20. The van der Waals surface area contributed by atoms with E-state index in [2.05, 4.69) is 5.32 Å². The maximum absolute atomic E-state index is 12.6. The summed E-state index contributed by atoms with van der Waals surface area (Å²) in [7, 11) is 0. The Kier molecular flexibility index (Phi) is 6.20. The zero-order valence-corrected chi connectivity index (χ0v) is 17.6. The van der Waals surface area contributed by atoms with Gasteiger partial charge in [-0.2, -0.15) is 0 Å². The second-order valence-electron chi connectivity index (χ2n) is 8.06. The third-order valence-corrected chi connectivity index (χ3v) is 5.95. The average molecular weight is 435 g/mol. The molecule has 2 aromatic carbocycles. The minimum absolute atomic E-state index is 0.0322. The van der Waals surface area contributed by atoms with E-state index in [4.69, 9.17) is 0 Å². The summed E-state index contributed by atoms with van der Waals surface area (Å²) in [5.41, 5.74) is 1.10. The van der Waals surface area contributed by atoms with E-state index < -0.39 is 0 Å². The average Bonchev–Trinajstić information content (AvgIpc) is 3.04. The lowest BCUT2D eigenvalue weighted by Crippen LogP contribution is -2.46. The molecule has 32 heavy (non-hydrogen) atoms. The summed E-state index contributed by atoms with van der Waals surface area (Å²) in [6.45, 7) is 1.19. The summed E-state index contributed by atoms with van der Waals surface area (Å²) >= 11 is 0. The number of hydrogen-bond donors (Lipinski definition) is 2. The lowest BCUT2D eigenvalue weighted by molar-refractivity contribution is -0.122. The van der Waals surface area contributed by atoms with E-state index in [-0.39, 0.29) is 53.9 Å². The third-order valence-electron chi connectivity index (χ3n) is 5.95. The van der Waals surface area contributed by atoms with E-state index in [1.54, 1.807) is 47.4 Å². The summed E-state index contributed by atoms with van der Waals surface area (Å²) in [6, 6.07) is 13.2. The molecule has 0 atom stereocenters. The summed E-state index contributed by atoms with van der Waals surface area (Å²) in [5, 5.41) is 12.9. The lowest BCUT2D eigenvalue weighted by Gasteiger charge is -2.32. The Morgan fingerprint density at radius 2 is 1.53 bits per heavy atom. The number of nitrogens with zero attached hydrogens (tertiary/aromatic N) is 2. The number of amides is 4. The molecule has 4 amide bonds. The number of fused-ring (bicyclic) bond motifs is 1. The Labute approximate surface area is 185 Å². The minimum Gasteiger partial charge on any atom is -0.507 e. The number of aromatic hydroxyl groups is 1. The number of carbonyl (C=O) groups excluding carboxylic acids is 4. The molecule has 1 saturated heterocycles. The largest absolute Gasteiger partial charge is 0.507 e. The van der Waals surface area contributed by atoms with Gasteiger partial charge in [0.1, 0.15) is 5.75 Å². The van der Waals surface area contributed by atoms with Gasteiger partial charge in [0, 0.05) is 32.1 Å². The highest BCUT2D eigenvalue weighted by Crippen LogP contribution is 2.23. The molecule has 2 aliphatic heterocycles. The van der Waals surface area contributed by atoms with E-state index in [1.807, 2.05) is 0 Å². The first-order chi connectivity index (χ1) is 15.5. The molecule has 8 heteroatoms. The highest BCUT2D eigenvalue weighted by atomic mass is 16.3. The molecule has 0 radical (unpaired) electrons. The van der Waals surface area contributed by atoms with Crippen LogP contribution in [0.25, 0.3) is 0 Å². The van der Waals surface area contributed by atoms with Crippen LogP contribution in [0.4, 0.5) is 0 Å². The highest BCUT2D eigenvalue weighted by Gasteiger charge is 2.34. The predicted octanol–water partition coefficient (Wildman–Crippen LogP) is 2.19. The molecule has 0 saturated carbocycles. The van der Waals surface area contributed by atoms with Gasteiger partial charge >= 0.3 is 0 Å². The summed E-state index contributed by atoms with van der Waals surface area (Å²) < 4.78 is 0. The van der Waals surface area contributed by atoms with Gasteiger partial charge in [0.15, 0.2) is 0 Å². The SMILES string of the molecule is O=C(CCCN1C(=O)c2ccccc2C1=O)NC1CCN(C(=O)c2ccccc2O)CC1. The Bertz CT molecular complexity index is 1020. The van der Waals surface area contributed by atoms with Crippen molar-refractivity contribution in [3.63, 3.8) is 0 Å². The van der Waals surface area contributed by atoms with E-state index >= 15 is 0 Å². The quantitative estimate of drug-likeness (QED) is 0.677. The zero-order chi connectivity index (χ0) is 22.7. The van der Waals surface area contributed by atoms with Crippen molar-refractivity contribution in [2.45, 2.75) is 31.7 Å². The van der Waals surface area contributed by atoms with E-state index in [0.29, 0.717) is 43.5 Å². The number of benzene rings is 2. The van der Waals surface area contributed by atoms with Gasteiger partial charge in [-0.3, -0.25) is 24.1 Å². The van der Waals surface area contributed by atoms with Crippen LogP contribution in [0.15, 0.2) is 48.5 Å². The second kappa shape index (κ2) is 9.21. The third kappa shape index (κ3) is 4.34. The van der Waals surface area contributed by atoms with Gasteiger partial charge in [-0.05, 0) is 43.5 Å². The van der Waals surface area contributed by atoms with Gasteiger partial charge in [0.25, 0.3) is 17.7 Å². The molecule has 0 bridgehead atoms. The van der Waals surface area contributed by atoms with Crippen molar-refractivity contribution in [1.82, 2.24) is 15.1 Å². The van der Waals surface area contributed by atoms with Crippen LogP contribution in [0.1, 0.15) is 56.8 Å². The van der Waals surface area contributed by atoms with Crippen LogP contribution < -0.4 is 5.32 Å². The van der Waals surface area contributed by atoms with E-state index in [0.717, 1.165) is 0 Å². The molecule has 0 unspecified atom stereocenters. The van der Waals surface area contributed by atoms with Crippen LogP contribution >= 0.6 is 0 Å². The number of nitrogens with one attached hydrogen (secondary N) is 1. The first-order valence-electron chi connectivity index (χ1n) is 10.8. The van der Waals surface area contributed by atoms with Crippen molar-refractivity contribution in [3.05, 3.63) is 65.2 Å². The van der Waals surface area contributed by atoms with Gasteiger partial charge in [-0.1, -0.05) is 24.3 Å². The van der Waals surface area contributed by atoms with E-state index in [1.165, 1.54) is 11.0 Å². The first kappa shape index (κ1) is 21.5. The van der Waals surface area contributed by atoms with Crippen LogP contribution in [0, 0.1) is 0 Å². The maximum Gasteiger partial charge on any atom is 0.261 e. The second-order valence-corrected chi connectivity index (χ2v) is 8.06. The molecule has 2 N–H and O–H groups in total. The summed E-state index contributed by atoms with van der Waals surface area (Å²) in [6.07, 6.45) is 1.86. The van der Waals surface area contributed by atoms with Gasteiger partial charge < -0.3 is 15.3 Å². The number of phenolic OH excluding ortho intramolecular Hbond substituents is 1. The molecule has 2 aliphatic rings. The van der Waals surface area contributed by atoms with Gasteiger partial charge in [-0.25, -0.2) is 0 Å². The van der Waals surface area contributed by atoms with Crippen molar-refractivity contribution in [2.24, 2.45) is 0 Å². The fourth-order valence-corrected chi connectivity index (χ4v) is 4.19. The molecule has 0 aliphatic carbocycles. The minimum atomic E-state index is -0.312. The standard InChI is InChI=1S/C24H25N3O5/c28-20-9-4-3-8-19(20)22(30)26-14-11-16(12-15-26)25-21(29)10-5-13-27-23(31)17-6-1-2-7-18(17)24(27)32/h1-4,6-9,16,28H,5,10-15H2,(H,25,29). The molecule has 2 aromatic rings. The topological polar surface area (TPSA) is 107 Å². The number of hydrogen-bond acceptors (Lipinski definition) is 5. The maximum atomic E-state index is 12.6. The van der Waals surface area contributed by atoms with Crippen LogP contribution in [0.2, 0.25) is 0 Å². The number of para-hydroxylation sites is 1. The molecular weight excluding hydrogens is 410 g/mol. The normalized spacial score (nSPS) is 16.2. The summed E-state index contributed by atoms with van der Waals surface area (Å²) in [4.78, 5) is 52.5. The monoisotopic (exact) mass is 435 g/mol. The first-order valence-corrected chi connectivity index (χ1v) is 10.8. The van der Waals surface area contributed by atoms with E-state index in [9.17, 15) is 24.3 Å². The molecule has 0 spiro atoms. The number of carbonyl (C=O) groups is 4. The van der Waals surface area contributed by atoms with Crippen molar-refractivity contribution in [2.75, 3.05) is 19.6 Å². The van der Waals surface area contributed by atoms with Gasteiger partial charge in [-0.15, -0.1) is 0 Å². The van der Waals surface area contributed by atoms with Crippen LogP contribution in [0.3, 0.4) is 0 Å². The van der Waals surface area contributed by atoms with Crippen LogP contribution in [-0.4, -0.2) is 64.2 Å². The Hall–Kier alpha value is -3.68. The molecule has 0 aromatic heterocycles. The molecule has 166 valence electrons. The van der Waals surface area contributed by atoms with Crippen LogP contribution in [-0.2, 0) is 4.79 Å². The van der Waals surface area contributed by atoms with Crippen molar-refractivity contribution >= 4 is 23.6 Å². The predicted molar refractivity (Wildman–Crippen MR) is 116 cm³/mol. The summed E-state index contributed by atoms with van der Waals surface area (Å²) in [5.74, 6) is -1.01. The number of imide groups is 1. The molecule has 1 fully saturated rings. The number of piperidine rings is 1. The number of likely N-dealkylation sites (tertiary alicyclic amines) is 1. The number of rotatable bonds is 6. The molecule has 2 heterocycles. The van der Waals surface area contributed by atoms with Crippen molar-refractivity contribution in [1.29, 1.82) is 0 Å².